The van der Waals surface area contributed by atoms with E-state index in [2.05, 4.69) is 20.1 Å². The topological polar surface area (TPSA) is 73.7 Å². The van der Waals surface area contributed by atoms with E-state index in [0.29, 0.717) is 11.9 Å². The van der Waals surface area contributed by atoms with Crippen molar-refractivity contribution in [1.29, 1.82) is 0 Å². The number of hydrazone groups is 1. The molecule has 1 N–H and O–H groups in total. The molecule has 0 saturated heterocycles. The highest BCUT2D eigenvalue weighted by molar-refractivity contribution is 7.22. The van der Waals surface area contributed by atoms with Crippen LogP contribution in [-0.2, 0) is 11.2 Å². The van der Waals surface area contributed by atoms with E-state index < -0.39 is 23.7 Å². The molecule has 0 unspecified atom stereocenters. The Bertz CT molecular complexity index is 1340. The lowest BCUT2D eigenvalue weighted by atomic mass is 10.0. The smallest absolute Gasteiger partial charge is 0.361 e. The second-order valence-corrected chi connectivity index (χ2v) is 8.25. The number of rotatable bonds is 5. The molecular weight excluding hydrogens is 439 g/mol. The highest BCUT2D eigenvalue weighted by Crippen LogP contribution is 2.35. The number of aromatic nitrogens is 2. The van der Waals surface area contributed by atoms with E-state index in [1.165, 1.54) is 0 Å². The Hall–Kier alpha value is -3.53. The molecule has 0 fully saturated rings. The molecule has 3 heterocycles. The number of anilines is 1. The van der Waals surface area contributed by atoms with Gasteiger partial charge in [-0.2, -0.15) is 23.3 Å². The number of fused-ring (bicyclic) bond motifs is 2. The molecule has 162 valence electrons. The average Bonchev–Trinajstić information content (AvgIpc) is 3.46. The number of para-hydroxylation sites is 2. The van der Waals surface area contributed by atoms with Crippen molar-refractivity contribution in [2.45, 2.75) is 12.6 Å². The van der Waals surface area contributed by atoms with Gasteiger partial charge in [-0.3, -0.25) is 9.79 Å². The predicted molar refractivity (Wildman–Crippen MR) is 119 cm³/mol. The van der Waals surface area contributed by atoms with Gasteiger partial charge in [0.1, 0.15) is 5.92 Å². The molecule has 2 aromatic heterocycles. The third kappa shape index (κ3) is 3.66. The van der Waals surface area contributed by atoms with Gasteiger partial charge >= 0.3 is 6.18 Å². The minimum atomic E-state index is -4.76. The molecule has 6 nitrogen and oxygen atoms in total. The summed E-state index contributed by atoms with van der Waals surface area (Å²) in [4.78, 5) is 24.4. The summed E-state index contributed by atoms with van der Waals surface area (Å²) in [7, 11) is 0. The lowest BCUT2D eigenvalue weighted by Gasteiger charge is -2.09. The van der Waals surface area contributed by atoms with Crippen LogP contribution in [0.3, 0.4) is 0 Å². The zero-order chi connectivity index (χ0) is 22.3. The SMILES string of the molecule is O=C1[C@H](C=NCCc2c[nH]c3ccccc23)C(C(F)(F)F)=NN1c1nc2ccccc2s1. The van der Waals surface area contributed by atoms with Crippen molar-refractivity contribution in [3.8, 4) is 0 Å². The first-order chi connectivity index (χ1) is 15.4. The molecule has 1 atom stereocenters. The first-order valence-electron chi connectivity index (χ1n) is 9.82. The number of hydrogen-bond acceptors (Lipinski definition) is 5. The summed E-state index contributed by atoms with van der Waals surface area (Å²) in [6.07, 6.45) is -1.31. The Kier molecular flexibility index (Phi) is 5.01. The van der Waals surface area contributed by atoms with Gasteiger partial charge in [0.15, 0.2) is 5.71 Å². The van der Waals surface area contributed by atoms with Crippen LogP contribution in [-0.4, -0.2) is 40.5 Å². The molecule has 1 amide bonds. The number of thiazole rings is 1. The summed E-state index contributed by atoms with van der Waals surface area (Å²) in [5.41, 5.74) is 1.41. The Morgan fingerprint density at radius 3 is 2.75 bits per heavy atom. The van der Waals surface area contributed by atoms with Gasteiger partial charge in [-0.25, -0.2) is 4.98 Å². The lowest BCUT2D eigenvalue weighted by Crippen LogP contribution is -2.34. The number of alkyl halides is 3. The van der Waals surface area contributed by atoms with E-state index in [1.807, 2.05) is 30.5 Å². The number of aliphatic imine (C=N–C) groups is 1. The summed E-state index contributed by atoms with van der Waals surface area (Å²) in [6.45, 7) is 0.248. The Morgan fingerprint density at radius 1 is 1.16 bits per heavy atom. The quantitative estimate of drug-likeness (QED) is 0.432. The number of amides is 1. The number of carbonyl (C=O) groups is 1. The molecule has 0 aliphatic carbocycles. The van der Waals surface area contributed by atoms with Crippen molar-refractivity contribution in [3.05, 3.63) is 60.3 Å². The number of aromatic amines is 1. The lowest BCUT2D eigenvalue weighted by molar-refractivity contribution is -0.119. The molecule has 1 aliphatic rings. The van der Waals surface area contributed by atoms with Crippen LogP contribution in [0.4, 0.5) is 18.3 Å². The molecule has 0 saturated carbocycles. The fourth-order valence-electron chi connectivity index (χ4n) is 3.63. The van der Waals surface area contributed by atoms with Crippen LogP contribution in [0.1, 0.15) is 5.56 Å². The molecule has 32 heavy (non-hydrogen) atoms. The minimum absolute atomic E-state index is 0.104. The number of hydrogen-bond donors (Lipinski definition) is 1. The highest BCUT2D eigenvalue weighted by Gasteiger charge is 2.50. The van der Waals surface area contributed by atoms with Crippen molar-refractivity contribution in [1.82, 2.24) is 9.97 Å². The molecule has 0 radical (unpaired) electrons. The van der Waals surface area contributed by atoms with Crippen LogP contribution in [0.15, 0.2) is 64.8 Å². The molecule has 5 rings (SSSR count). The standard InChI is InChI=1S/C22H16F3N5OS/c23-22(24,25)19-15(12-26-10-9-13-11-27-16-6-2-1-5-14(13)16)20(31)30(29-19)21-28-17-7-3-4-8-18(17)32-21/h1-8,11-12,15,27H,9-10H2/t15-/m1/s1. The predicted octanol–water partition coefficient (Wildman–Crippen LogP) is 4.97. The number of benzene rings is 2. The van der Waals surface area contributed by atoms with E-state index >= 15 is 0 Å². The number of halogens is 3. The van der Waals surface area contributed by atoms with Crippen LogP contribution in [0.25, 0.3) is 21.1 Å². The van der Waals surface area contributed by atoms with Crippen molar-refractivity contribution in [2.24, 2.45) is 16.0 Å². The van der Waals surface area contributed by atoms with Crippen LogP contribution >= 0.6 is 11.3 Å². The molecule has 1 aliphatic heterocycles. The molecule has 4 aromatic rings. The van der Waals surface area contributed by atoms with Crippen molar-refractivity contribution in [3.63, 3.8) is 0 Å². The van der Waals surface area contributed by atoms with Gasteiger partial charge in [0.25, 0.3) is 5.91 Å². The Morgan fingerprint density at radius 2 is 1.94 bits per heavy atom. The highest BCUT2D eigenvalue weighted by atomic mass is 32.1. The van der Waals surface area contributed by atoms with E-state index in [-0.39, 0.29) is 11.7 Å². The Balaban J connectivity index is 1.36. The van der Waals surface area contributed by atoms with Gasteiger partial charge in [-0.15, -0.1) is 0 Å². The third-order valence-electron chi connectivity index (χ3n) is 5.17. The average molecular weight is 455 g/mol. The van der Waals surface area contributed by atoms with Gasteiger partial charge < -0.3 is 4.98 Å². The molecular formula is C22H16F3N5OS. The van der Waals surface area contributed by atoms with Crippen LogP contribution < -0.4 is 5.01 Å². The zero-order valence-electron chi connectivity index (χ0n) is 16.5. The minimum Gasteiger partial charge on any atom is -0.361 e. The number of nitrogens with zero attached hydrogens (tertiary/aromatic N) is 4. The number of carbonyl (C=O) groups excluding carboxylic acids is 1. The van der Waals surface area contributed by atoms with E-state index in [4.69, 9.17) is 0 Å². The van der Waals surface area contributed by atoms with Gasteiger partial charge in [-0.1, -0.05) is 41.7 Å². The van der Waals surface area contributed by atoms with Crippen LogP contribution in [0.5, 0.6) is 0 Å². The maximum atomic E-state index is 13.6. The van der Waals surface area contributed by atoms with Gasteiger partial charge in [0.05, 0.1) is 10.2 Å². The summed E-state index contributed by atoms with van der Waals surface area (Å²) < 4.78 is 41.5. The van der Waals surface area contributed by atoms with E-state index in [0.717, 1.165) is 43.7 Å². The van der Waals surface area contributed by atoms with Gasteiger partial charge in [0, 0.05) is 29.9 Å². The third-order valence-corrected chi connectivity index (χ3v) is 6.18. The fraction of sp³-hybridized carbons (Fsp3) is 0.182. The van der Waals surface area contributed by atoms with Crippen LogP contribution in [0, 0.1) is 5.92 Å². The monoisotopic (exact) mass is 455 g/mol. The van der Waals surface area contributed by atoms with E-state index in [1.54, 1.807) is 24.3 Å². The van der Waals surface area contributed by atoms with Crippen molar-refractivity contribution >= 4 is 55.4 Å². The summed E-state index contributed by atoms with van der Waals surface area (Å²) in [5.74, 6) is -2.41. The van der Waals surface area contributed by atoms with Gasteiger partial charge in [-0.05, 0) is 30.2 Å². The maximum Gasteiger partial charge on any atom is 0.432 e. The molecule has 10 heteroatoms. The molecule has 0 bridgehead atoms. The fourth-order valence-corrected chi connectivity index (χ4v) is 4.55. The van der Waals surface area contributed by atoms with Crippen molar-refractivity contribution < 1.29 is 18.0 Å². The normalized spacial score (nSPS) is 17.2. The number of nitrogens with one attached hydrogen (secondary N) is 1. The Labute approximate surface area is 184 Å². The second kappa shape index (κ2) is 7.86. The summed E-state index contributed by atoms with van der Waals surface area (Å²) in [6, 6.07) is 14.8. The van der Waals surface area contributed by atoms with Crippen LogP contribution in [0.2, 0.25) is 0 Å². The van der Waals surface area contributed by atoms with E-state index in [9.17, 15) is 18.0 Å². The zero-order valence-corrected chi connectivity index (χ0v) is 17.3. The maximum absolute atomic E-state index is 13.6. The second-order valence-electron chi connectivity index (χ2n) is 7.24. The largest absolute Gasteiger partial charge is 0.432 e. The molecule has 0 spiro atoms. The molecule has 2 aromatic carbocycles. The first kappa shape index (κ1) is 20.4. The first-order valence-corrected chi connectivity index (χ1v) is 10.6. The van der Waals surface area contributed by atoms with Crippen molar-refractivity contribution in [2.75, 3.05) is 11.6 Å². The summed E-state index contributed by atoms with van der Waals surface area (Å²) in [5, 5.41) is 5.47. The number of H-pyrrole nitrogens is 1. The summed E-state index contributed by atoms with van der Waals surface area (Å²) >= 11 is 1.11. The van der Waals surface area contributed by atoms with Gasteiger partial charge in [0.2, 0.25) is 5.13 Å².